The van der Waals surface area contributed by atoms with Crippen molar-refractivity contribution in [1.82, 2.24) is 15.1 Å². The van der Waals surface area contributed by atoms with Crippen molar-refractivity contribution in [1.29, 1.82) is 0 Å². The minimum Gasteiger partial charge on any atom is -0.392 e. The fourth-order valence-corrected chi connectivity index (χ4v) is 1.25. The first-order valence-corrected chi connectivity index (χ1v) is 5.26. The number of aliphatic hydroxyl groups is 2. The highest BCUT2D eigenvalue weighted by molar-refractivity contribution is 4.78. The summed E-state index contributed by atoms with van der Waals surface area (Å²) >= 11 is 0. The molecule has 0 bridgehead atoms. The van der Waals surface area contributed by atoms with Gasteiger partial charge in [0.15, 0.2) is 0 Å². The second kappa shape index (κ2) is 6.55. The molecule has 2 unspecified atom stereocenters. The minimum absolute atomic E-state index is 0.332. The van der Waals surface area contributed by atoms with E-state index in [0.29, 0.717) is 19.6 Å². The van der Waals surface area contributed by atoms with Crippen molar-refractivity contribution >= 4 is 0 Å². The average molecular weight is 213 g/mol. The Morgan fingerprint density at radius 3 is 2.67 bits per heavy atom. The third-order valence-corrected chi connectivity index (χ3v) is 2.19. The van der Waals surface area contributed by atoms with E-state index < -0.39 is 6.10 Å². The quantitative estimate of drug-likeness (QED) is 0.576. The van der Waals surface area contributed by atoms with Gasteiger partial charge in [-0.25, -0.2) is 0 Å². The monoisotopic (exact) mass is 213 g/mol. The summed E-state index contributed by atoms with van der Waals surface area (Å²) in [5.41, 5.74) is 0. The van der Waals surface area contributed by atoms with Crippen LogP contribution in [0, 0.1) is 0 Å². The molecular weight excluding hydrogens is 194 g/mol. The third kappa shape index (κ3) is 4.92. The van der Waals surface area contributed by atoms with Gasteiger partial charge in [0.25, 0.3) is 0 Å². The van der Waals surface area contributed by atoms with Crippen molar-refractivity contribution in [3.8, 4) is 0 Å². The molecule has 2 atom stereocenters. The third-order valence-electron chi connectivity index (χ3n) is 2.19. The Morgan fingerprint density at radius 1 is 1.33 bits per heavy atom. The Labute approximate surface area is 89.7 Å². The molecule has 15 heavy (non-hydrogen) atoms. The lowest BCUT2D eigenvalue weighted by Crippen LogP contribution is -2.35. The van der Waals surface area contributed by atoms with Gasteiger partial charge in [0.1, 0.15) is 0 Å². The summed E-state index contributed by atoms with van der Waals surface area (Å²) in [6.45, 7) is 3.39. The van der Waals surface area contributed by atoms with Crippen LogP contribution in [0.4, 0.5) is 0 Å². The maximum atomic E-state index is 9.60. The smallest absolute Gasteiger partial charge is 0.0860 e. The van der Waals surface area contributed by atoms with E-state index >= 15 is 0 Å². The summed E-state index contributed by atoms with van der Waals surface area (Å²) in [6, 6.07) is 1.82. The van der Waals surface area contributed by atoms with Crippen LogP contribution in [0.1, 0.15) is 13.3 Å². The number of aliphatic hydroxyl groups excluding tert-OH is 2. The Hall–Kier alpha value is -0.910. The molecule has 0 amide bonds. The van der Waals surface area contributed by atoms with E-state index in [1.165, 1.54) is 0 Å². The van der Waals surface area contributed by atoms with Gasteiger partial charge >= 0.3 is 0 Å². The van der Waals surface area contributed by atoms with E-state index in [1.807, 2.05) is 19.2 Å². The topological polar surface area (TPSA) is 70.3 Å². The van der Waals surface area contributed by atoms with Crippen molar-refractivity contribution < 1.29 is 10.2 Å². The molecule has 1 aromatic rings. The summed E-state index contributed by atoms with van der Waals surface area (Å²) < 4.78 is 1.68. The zero-order chi connectivity index (χ0) is 11.1. The van der Waals surface area contributed by atoms with Gasteiger partial charge in [-0.3, -0.25) is 4.68 Å². The van der Waals surface area contributed by atoms with E-state index in [4.69, 9.17) is 0 Å². The molecule has 1 rings (SSSR count). The molecule has 5 nitrogen and oxygen atoms in total. The van der Waals surface area contributed by atoms with Crippen LogP contribution in [-0.4, -0.2) is 45.3 Å². The number of nitrogens with one attached hydrogen (secondary N) is 1. The molecule has 0 saturated carbocycles. The van der Waals surface area contributed by atoms with E-state index in [1.54, 1.807) is 10.9 Å². The van der Waals surface area contributed by atoms with Crippen LogP contribution in [0.15, 0.2) is 18.5 Å². The van der Waals surface area contributed by atoms with Gasteiger partial charge in [0, 0.05) is 25.5 Å². The highest BCUT2D eigenvalue weighted by Gasteiger charge is 2.06. The molecule has 0 radical (unpaired) electrons. The molecule has 3 N–H and O–H groups in total. The largest absolute Gasteiger partial charge is 0.392 e. The molecule has 1 heterocycles. The fraction of sp³-hybridized carbons (Fsp3) is 0.700. The minimum atomic E-state index is -0.478. The van der Waals surface area contributed by atoms with Crippen LogP contribution in [0.3, 0.4) is 0 Å². The fourth-order valence-electron chi connectivity index (χ4n) is 1.25. The van der Waals surface area contributed by atoms with Crippen molar-refractivity contribution in [2.75, 3.05) is 13.1 Å². The summed E-state index contributed by atoms with van der Waals surface area (Å²) in [5.74, 6) is 0. The first kappa shape index (κ1) is 12.2. The predicted octanol–water partition coefficient (Wildman–Crippen LogP) is -0.396. The van der Waals surface area contributed by atoms with Gasteiger partial charge in [-0.05, 0) is 12.5 Å². The highest BCUT2D eigenvalue weighted by Crippen LogP contribution is 1.91. The number of hydrogen-bond acceptors (Lipinski definition) is 4. The normalized spacial score (nSPS) is 15.1. The zero-order valence-electron chi connectivity index (χ0n) is 9.00. The second-order valence-corrected chi connectivity index (χ2v) is 3.60. The first-order chi connectivity index (χ1) is 7.22. The molecule has 5 heteroatoms. The summed E-state index contributed by atoms with van der Waals surface area (Å²) in [6.07, 6.45) is 3.41. The molecule has 1 aromatic heterocycles. The Bertz CT molecular complexity index is 251. The van der Waals surface area contributed by atoms with Crippen molar-refractivity contribution in [3.63, 3.8) is 0 Å². The maximum Gasteiger partial charge on any atom is 0.0860 e. The molecule has 0 aromatic carbocycles. The molecule has 0 aliphatic heterocycles. The van der Waals surface area contributed by atoms with E-state index in [-0.39, 0.29) is 6.10 Å². The van der Waals surface area contributed by atoms with Crippen LogP contribution in [0.5, 0.6) is 0 Å². The molecule has 0 fully saturated rings. The molecule has 0 spiro atoms. The van der Waals surface area contributed by atoms with Gasteiger partial charge in [-0.2, -0.15) is 5.10 Å². The van der Waals surface area contributed by atoms with E-state index in [9.17, 15) is 10.2 Å². The van der Waals surface area contributed by atoms with Gasteiger partial charge in [0.05, 0.1) is 18.8 Å². The first-order valence-electron chi connectivity index (χ1n) is 5.26. The van der Waals surface area contributed by atoms with Crippen LogP contribution in [0.25, 0.3) is 0 Å². The van der Waals surface area contributed by atoms with Gasteiger partial charge in [-0.15, -0.1) is 0 Å². The van der Waals surface area contributed by atoms with Gasteiger partial charge in [0.2, 0.25) is 0 Å². The van der Waals surface area contributed by atoms with E-state index in [2.05, 4.69) is 10.4 Å². The zero-order valence-corrected chi connectivity index (χ0v) is 9.00. The van der Waals surface area contributed by atoms with Crippen LogP contribution >= 0.6 is 0 Å². The van der Waals surface area contributed by atoms with Crippen molar-refractivity contribution in [3.05, 3.63) is 18.5 Å². The summed E-state index contributed by atoms with van der Waals surface area (Å²) in [5, 5.41) is 25.9. The van der Waals surface area contributed by atoms with Crippen molar-refractivity contribution in [2.24, 2.45) is 0 Å². The lowest BCUT2D eigenvalue weighted by Gasteiger charge is -2.13. The van der Waals surface area contributed by atoms with Crippen molar-refractivity contribution in [2.45, 2.75) is 32.1 Å². The Balaban J connectivity index is 2.11. The lowest BCUT2D eigenvalue weighted by molar-refractivity contribution is 0.130. The molecule has 86 valence electrons. The Morgan fingerprint density at radius 2 is 2.07 bits per heavy atom. The Kier molecular flexibility index (Phi) is 5.31. The lowest BCUT2D eigenvalue weighted by atomic mass is 10.2. The van der Waals surface area contributed by atoms with Gasteiger partial charge in [-0.1, -0.05) is 6.92 Å². The molecule has 0 aliphatic carbocycles. The van der Waals surface area contributed by atoms with Crippen LogP contribution < -0.4 is 5.32 Å². The SMILES string of the molecule is CCC(O)CNCC(O)Cn1cccn1. The van der Waals surface area contributed by atoms with Crippen LogP contribution in [-0.2, 0) is 6.54 Å². The highest BCUT2D eigenvalue weighted by atomic mass is 16.3. The van der Waals surface area contributed by atoms with Gasteiger partial charge < -0.3 is 15.5 Å². The standard InChI is InChI=1S/C10H19N3O2/c1-2-9(14)6-11-7-10(15)8-13-5-3-4-12-13/h3-5,9-11,14-15H,2,6-8H2,1H3. The number of hydrogen-bond donors (Lipinski definition) is 3. The average Bonchev–Trinajstić information content (AvgIpc) is 2.70. The van der Waals surface area contributed by atoms with Crippen LogP contribution in [0.2, 0.25) is 0 Å². The predicted molar refractivity (Wildman–Crippen MR) is 57.4 cm³/mol. The summed E-state index contributed by atoms with van der Waals surface area (Å²) in [4.78, 5) is 0. The second-order valence-electron chi connectivity index (χ2n) is 3.60. The molecule has 0 aliphatic rings. The molecule has 0 saturated heterocycles. The maximum absolute atomic E-state index is 9.60. The number of rotatable bonds is 7. The summed E-state index contributed by atoms with van der Waals surface area (Å²) in [7, 11) is 0. The number of aromatic nitrogens is 2. The van der Waals surface area contributed by atoms with E-state index in [0.717, 1.165) is 6.42 Å². The number of nitrogens with zero attached hydrogens (tertiary/aromatic N) is 2. The molecular formula is C10H19N3O2.